The SMILES string of the molecule is CC1C=C(CC(=O)Nc2nnc(CCCC3CC(CCc4nnc(NC(=O)Cc5ccccc5)s4)C3)s2)C=CC1.[HH].[HH]. The summed E-state index contributed by atoms with van der Waals surface area (Å²) in [7, 11) is 0. The van der Waals surface area contributed by atoms with Crippen LogP contribution in [0.25, 0.3) is 0 Å². The minimum atomic E-state index is -0.0647. The molecule has 2 heterocycles. The average Bonchev–Trinajstić information content (AvgIpc) is 3.54. The highest BCUT2D eigenvalue weighted by Gasteiger charge is 2.28. The van der Waals surface area contributed by atoms with E-state index in [2.05, 4.69) is 50.1 Å². The molecule has 0 radical (unpaired) electrons. The van der Waals surface area contributed by atoms with Gasteiger partial charge in [-0.25, -0.2) is 0 Å². The normalized spacial score (nSPS) is 20.0. The summed E-state index contributed by atoms with van der Waals surface area (Å²) in [6.45, 7) is 2.16. The van der Waals surface area contributed by atoms with Crippen LogP contribution < -0.4 is 10.6 Å². The van der Waals surface area contributed by atoms with E-state index in [1.807, 2.05) is 36.4 Å². The van der Waals surface area contributed by atoms with Gasteiger partial charge in [-0.2, -0.15) is 0 Å². The molecular weight excluding hydrogens is 541 g/mol. The number of aromatic nitrogens is 4. The molecule has 10 heteroatoms. The Bertz CT molecular complexity index is 1350. The molecule has 1 atom stereocenters. The zero-order valence-corrected chi connectivity index (χ0v) is 24.5. The van der Waals surface area contributed by atoms with Crippen molar-refractivity contribution in [1.29, 1.82) is 0 Å². The van der Waals surface area contributed by atoms with Crippen molar-refractivity contribution in [2.45, 2.75) is 71.1 Å². The standard InChI is InChI=1S/C30H36N6O2S2.2H2/c1-20-7-5-10-22(15-20)19-26(38)32-29-35-33-27(39-29)12-6-11-23-16-24(17-23)13-14-28-34-36-30(40-28)31-25(37)18-21-8-3-2-4-9-21;;/h2-5,8-10,15,20,23-24H,6-7,11-14,16-19H2,1H3,(H,31,36,37)(H,32,35,38);2*1H. The number of anilines is 2. The highest BCUT2D eigenvalue weighted by molar-refractivity contribution is 7.15. The molecule has 2 aromatic heterocycles. The first-order valence-electron chi connectivity index (χ1n) is 14.1. The number of carbonyl (C=O) groups excluding carboxylic acids is 2. The topological polar surface area (TPSA) is 110 Å². The summed E-state index contributed by atoms with van der Waals surface area (Å²) >= 11 is 2.96. The first-order valence-corrected chi connectivity index (χ1v) is 15.8. The predicted octanol–water partition coefficient (Wildman–Crippen LogP) is 6.90. The number of carbonyl (C=O) groups is 2. The molecule has 0 spiro atoms. The lowest BCUT2D eigenvalue weighted by Gasteiger charge is -2.35. The maximum absolute atomic E-state index is 12.4. The summed E-state index contributed by atoms with van der Waals surface area (Å²) in [4.78, 5) is 24.6. The third-order valence-electron chi connectivity index (χ3n) is 7.44. The number of rotatable bonds is 13. The van der Waals surface area contributed by atoms with Gasteiger partial charge in [0.1, 0.15) is 10.0 Å². The minimum absolute atomic E-state index is 0. The molecule has 3 aromatic rings. The summed E-state index contributed by atoms with van der Waals surface area (Å²) < 4.78 is 0. The number of benzene rings is 1. The maximum atomic E-state index is 12.4. The number of hydrogen-bond donors (Lipinski definition) is 2. The molecular formula is C30H40N6O2S2. The largest absolute Gasteiger partial charge is 0.300 e. The molecule has 0 bridgehead atoms. The fourth-order valence-electron chi connectivity index (χ4n) is 5.36. The molecule has 2 aliphatic carbocycles. The summed E-state index contributed by atoms with van der Waals surface area (Å²) in [5, 5.41) is 25.8. The van der Waals surface area contributed by atoms with E-state index in [-0.39, 0.29) is 14.7 Å². The Morgan fingerprint density at radius 3 is 2.23 bits per heavy atom. The van der Waals surface area contributed by atoms with Gasteiger partial charge in [-0.15, -0.1) is 20.4 Å². The number of aryl methyl sites for hydroxylation is 2. The number of allylic oxidation sites excluding steroid dienone is 3. The van der Waals surface area contributed by atoms with Crippen molar-refractivity contribution in [3.63, 3.8) is 0 Å². The summed E-state index contributed by atoms with van der Waals surface area (Å²) in [5.74, 6) is 1.90. The molecule has 2 N–H and O–H groups in total. The fourth-order valence-corrected chi connectivity index (χ4v) is 6.93. The zero-order chi connectivity index (χ0) is 27.7. The molecule has 1 saturated carbocycles. The molecule has 1 unspecified atom stereocenters. The van der Waals surface area contributed by atoms with Crippen molar-refractivity contribution < 1.29 is 12.4 Å². The van der Waals surface area contributed by atoms with E-state index in [1.54, 1.807) is 0 Å². The highest BCUT2D eigenvalue weighted by Crippen LogP contribution is 2.40. The van der Waals surface area contributed by atoms with Gasteiger partial charge in [-0.1, -0.05) is 84.6 Å². The lowest BCUT2D eigenvalue weighted by Crippen LogP contribution is -2.24. The Morgan fingerprint density at radius 1 is 0.875 bits per heavy atom. The Balaban J connectivity index is 0.00000242. The van der Waals surface area contributed by atoms with E-state index in [9.17, 15) is 9.59 Å². The van der Waals surface area contributed by atoms with Crippen molar-refractivity contribution in [1.82, 2.24) is 20.4 Å². The van der Waals surface area contributed by atoms with Gasteiger partial charge in [0.2, 0.25) is 22.1 Å². The van der Waals surface area contributed by atoms with Crippen LogP contribution in [0, 0.1) is 17.8 Å². The quantitative estimate of drug-likeness (QED) is 0.228. The molecule has 1 fully saturated rings. The van der Waals surface area contributed by atoms with Crippen LogP contribution in [-0.4, -0.2) is 32.2 Å². The second-order valence-corrected chi connectivity index (χ2v) is 13.1. The van der Waals surface area contributed by atoms with Crippen molar-refractivity contribution in [2.75, 3.05) is 10.6 Å². The Hall–Kier alpha value is -3.24. The van der Waals surface area contributed by atoms with E-state index >= 15 is 0 Å². The molecule has 40 heavy (non-hydrogen) atoms. The highest BCUT2D eigenvalue weighted by atomic mass is 32.1. The van der Waals surface area contributed by atoms with Gasteiger partial charge in [0.05, 0.1) is 12.8 Å². The van der Waals surface area contributed by atoms with Gasteiger partial charge in [0.15, 0.2) is 0 Å². The lowest BCUT2D eigenvalue weighted by molar-refractivity contribution is -0.116. The Morgan fingerprint density at radius 2 is 1.52 bits per heavy atom. The monoisotopic (exact) mass is 580 g/mol. The van der Waals surface area contributed by atoms with Gasteiger partial charge in [0.25, 0.3) is 0 Å². The third-order valence-corrected chi connectivity index (χ3v) is 9.24. The zero-order valence-electron chi connectivity index (χ0n) is 22.8. The van der Waals surface area contributed by atoms with Gasteiger partial charge in [0, 0.05) is 15.7 Å². The fraction of sp³-hybridized carbons (Fsp3) is 0.467. The Kier molecular flexibility index (Phi) is 9.83. The van der Waals surface area contributed by atoms with Crippen LogP contribution in [0.4, 0.5) is 10.3 Å². The van der Waals surface area contributed by atoms with Crippen LogP contribution in [0.1, 0.15) is 70.3 Å². The van der Waals surface area contributed by atoms with Crippen LogP contribution in [0.5, 0.6) is 0 Å². The summed E-state index contributed by atoms with van der Waals surface area (Å²) in [6.07, 6.45) is 15.9. The number of amides is 2. The molecule has 2 amide bonds. The van der Waals surface area contributed by atoms with E-state index in [0.29, 0.717) is 29.0 Å². The summed E-state index contributed by atoms with van der Waals surface area (Å²) in [6, 6.07) is 9.70. The smallest absolute Gasteiger partial charge is 0.230 e. The van der Waals surface area contributed by atoms with Gasteiger partial charge >= 0.3 is 0 Å². The molecule has 0 saturated heterocycles. The van der Waals surface area contributed by atoms with Crippen molar-refractivity contribution in [2.24, 2.45) is 17.8 Å². The van der Waals surface area contributed by atoms with E-state index in [1.165, 1.54) is 41.9 Å². The average molecular weight is 581 g/mol. The van der Waals surface area contributed by atoms with Gasteiger partial charge in [-0.3, -0.25) is 9.59 Å². The van der Waals surface area contributed by atoms with E-state index in [4.69, 9.17) is 0 Å². The second-order valence-electron chi connectivity index (χ2n) is 10.9. The molecule has 5 rings (SSSR count). The van der Waals surface area contributed by atoms with Crippen LogP contribution in [0.15, 0.2) is 54.1 Å². The number of nitrogens with zero attached hydrogens (tertiary/aromatic N) is 4. The molecule has 1 aromatic carbocycles. The predicted molar refractivity (Wildman–Crippen MR) is 165 cm³/mol. The maximum Gasteiger partial charge on any atom is 0.230 e. The first kappa shape index (κ1) is 28.3. The van der Waals surface area contributed by atoms with Gasteiger partial charge in [-0.05, 0) is 61.0 Å². The molecule has 214 valence electrons. The minimum Gasteiger partial charge on any atom is -0.300 e. The van der Waals surface area contributed by atoms with E-state index in [0.717, 1.165) is 65.1 Å². The molecule has 0 aliphatic heterocycles. The third kappa shape index (κ3) is 8.63. The molecule has 8 nitrogen and oxygen atoms in total. The van der Waals surface area contributed by atoms with Gasteiger partial charge < -0.3 is 10.6 Å². The summed E-state index contributed by atoms with van der Waals surface area (Å²) in [5.41, 5.74) is 2.05. The van der Waals surface area contributed by atoms with E-state index < -0.39 is 0 Å². The van der Waals surface area contributed by atoms with Crippen LogP contribution in [-0.2, 0) is 28.9 Å². The van der Waals surface area contributed by atoms with Crippen molar-refractivity contribution in [3.8, 4) is 0 Å². The Labute approximate surface area is 246 Å². The van der Waals surface area contributed by atoms with Crippen molar-refractivity contribution in [3.05, 3.63) is 69.7 Å². The lowest BCUT2D eigenvalue weighted by atomic mass is 9.71. The number of hydrogen-bond acceptors (Lipinski definition) is 8. The van der Waals surface area contributed by atoms with Crippen molar-refractivity contribution >= 4 is 44.8 Å². The van der Waals surface area contributed by atoms with Crippen LogP contribution >= 0.6 is 22.7 Å². The first-order chi connectivity index (χ1) is 19.5. The van der Waals surface area contributed by atoms with Crippen LogP contribution in [0.2, 0.25) is 0 Å². The molecule has 2 aliphatic rings. The number of nitrogens with one attached hydrogen (secondary N) is 2. The second kappa shape index (κ2) is 13.9. The van der Waals surface area contributed by atoms with Crippen LogP contribution in [0.3, 0.4) is 0 Å².